The van der Waals surface area contributed by atoms with Crippen LogP contribution in [0.4, 0.5) is 11.6 Å². The van der Waals surface area contributed by atoms with E-state index in [4.69, 9.17) is 4.74 Å². The Labute approximate surface area is 127 Å². The molecular weight excluding hydrogens is 264 g/mol. The van der Waals surface area contributed by atoms with Gasteiger partial charge in [0.2, 0.25) is 0 Å². The fourth-order valence-corrected chi connectivity index (χ4v) is 3.31. The van der Waals surface area contributed by atoms with Crippen molar-refractivity contribution in [2.24, 2.45) is 11.8 Å². The van der Waals surface area contributed by atoms with Crippen molar-refractivity contribution in [2.75, 3.05) is 24.3 Å². The third-order valence-electron chi connectivity index (χ3n) is 3.93. The lowest BCUT2D eigenvalue weighted by Gasteiger charge is -2.32. The first kappa shape index (κ1) is 16.0. The Morgan fingerprint density at radius 3 is 2.43 bits per heavy atom. The molecule has 0 spiro atoms. The summed E-state index contributed by atoms with van der Waals surface area (Å²) in [6, 6.07) is 2.50. The van der Waals surface area contributed by atoms with E-state index in [0.717, 1.165) is 35.8 Å². The molecule has 0 radical (unpaired) electrons. The van der Waals surface area contributed by atoms with Crippen molar-refractivity contribution in [3.05, 3.63) is 11.9 Å². The molecule has 0 aromatic carbocycles. The summed E-state index contributed by atoms with van der Waals surface area (Å²) in [5.74, 6) is 4.04. The number of hydrogen-bond acceptors (Lipinski definition) is 5. The van der Waals surface area contributed by atoms with Crippen LogP contribution in [-0.4, -0.2) is 29.7 Å². The fourth-order valence-electron chi connectivity index (χ4n) is 3.31. The van der Waals surface area contributed by atoms with E-state index in [2.05, 4.69) is 41.4 Å². The molecule has 1 fully saturated rings. The number of methoxy groups -OCH3 is 1. The van der Waals surface area contributed by atoms with Crippen molar-refractivity contribution >= 4 is 11.6 Å². The van der Waals surface area contributed by atoms with Gasteiger partial charge in [0.25, 0.3) is 0 Å². The summed E-state index contributed by atoms with van der Waals surface area (Å²) in [6.45, 7) is 8.02. The summed E-state index contributed by atoms with van der Waals surface area (Å²) in [7, 11) is 1.67. The fraction of sp³-hybridized carbons (Fsp3) is 0.750. The van der Waals surface area contributed by atoms with Crippen LogP contribution in [0, 0.1) is 11.8 Å². The molecule has 1 aromatic rings. The minimum absolute atomic E-state index is 0.436. The highest BCUT2D eigenvalue weighted by molar-refractivity contribution is 5.48. The van der Waals surface area contributed by atoms with E-state index in [1.807, 2.05) is 6.07 Å². The van der Waals surface area contributed by atoms with Crippen LogP contribution in [0.15, 0.2) is 6.07 Å². The second-order valence-electron chi connectivity index (χ2n) is 6.28. The summed E-state index contributed by atoms with van der Waals surface area (Å²) in [6.07, 6.45) is 3.76. The highest BCUT2D eigenvalue weighted by Gasteiger charge is 2.24. The molecule has 2 atom stereocenters. The van der Waals surface area contributed by atoms with Crippen LogP contribution in [0.5, 0.6) is 0 Å². The molecule has 1 aliphatic rings. The molecule has 0 saturated heterocycles. The van der Waals surface area contributed by atoms with Gasteiger partial charge >= 0.3 is 0 Å². The van der Waals surface area contributed by atoms with Gasteiger partial charge in [-0.15, -0.1) is 0 Å². The second kappa shape index (κ2) is 7.59. The molecule has 21 heavy (non-hydrogen) atoms. The van der Waals surface area contributed by atoms with Gasteiger partial charge in [-0.25, -0.2) is 9.97 Å². The first-order valence-corrected chi connectivity index (χ1v) is 7.98. The average Bonchev–Trinajstić information content (AvgIpc) is 2.37. The van der Waals surface area contributed by atoms with Gasteiger partial charge in [-0.05, 0) is 38.0 Å². The van der Waals surface area contributed by atoms with Gasteiger partial charge in [-0.2, -0.15) is 0 Å². The molecule has 1 saturated carbocycles. The molecular formula is C16H28N4O. The third kappa shape index (κ3) is 4.84. The highest BCUT2D eigenvalue weighted by Crippen LogP contribution is 2.30. The first-order valence-electron chi connectivity index (χ1n) is 7.98. The topological polar surface area (TPSA) is 59.1 Å². The standard InChI is InChI=1S/C16H28N4O/c1-5-17-14-9-15(20-16(19-14)10-21-4)18-13-7-11(2)6-12(3)8-13/h9,11-13H,5-8,10H2,1-4H3,(H2,17,18,19,20). The summed E-state index contributed by atoms with van der Waals surface area (Å²) in [5.41, 5.74) is 0. The monoisotopic (exact) mass is 292 g/mol. The largest absolute Gasteiger partial charge is 0.377 e. The number of hydrogen-bond donors (Lipinski definition) is 2. The number of aromatic nitrogens is 2. The molecule has 2 N–H and O–H groups in total. The molecule has 2 unspecified atom stereocenters. The Balaban J connectivity index is 2.10. The Kier molecular flexibility index (Phi) is 5.79. The molecule has 1 aliphatic carbocycles. The van der Waals surface area contributed by atoms with Crippen molar-refractivity contribution in [3.8, 4) is 0 Å². The van der Waals surface area contributed by atoms with Crippen LogP contribution in [0.1, 0.15) is 45.9 Å². The minimum atomic E-state index is 0.436. The number of nitrogens with zero attached hydrogens (tertiary/aromatic N) is 2. The average molecular weight is 292 g/mol. The van der Waals surface area contributed by atoms with Crippen LogP contribution in [0.2, 0.25) is 0 Å². The molecule has 0 bridgehead atoms. The quantitative estimate of drug-likeness (QED) is 0.842. The number of nitrogens with one attached hydrogen (secondary N) is 2. The van der Waals surface area contributed by atoms with Gasteiger partial charge in [0, 0.05) is 25.8 Å². The lowest BCUT2D eigenvalue weighted by atomic mass is 9.80. The molecule has 0 aliphatic heterocycles. The molecule has 2 rings (SSSR count). The van der Waals surface area contributed by atoms with E-state index in [0.29, 0.717) is 12.6 Å². The minimum Gasteiger partial charge on any atom is -0.377 e. The van der Waals surface area contributed by atoms with Crippen LogP contribution >= 0.6 is 0 Å². The van der Waals surface area contributed by atoms with Gasteiger partial charge < -0.3 is 15.4 Å². The number of anilines is 2. The summed E-state index contributed by atoms with van der Waals surface area (Å²) >= 11 is 0. The summed E-state index contributed by atoms with van der Waals surface area (Å²) < 4.78 is 5.16. The maximum atomic E-state index is 5.16. The summed E-state index contributed by atoms with van der Waals surface area (Å²) in [4.78, 5) is 9.01. The van der Waals surface area contributed by atoms with Crippen molar-refractivity contribution in [1.82, 2.24) is 9.97 Å². The molecule has 1 aromatic heterocycles. The predicted octanol–water partition coefficient (Wildman–Crippen LogP) is 3.29. The van der Waals surface area contributed by atoms with Gasteiger partial charge in [-0.1, -0.05) is 13.8 Å². The Morgan fingerprint density at radius 2 is 1.81 bits per heavy atom. The lowest BCUT2D eigenvalue weighted by molar-refractivity contribution is 0.178. The van der Waals surface area contributed by atoms with E-state index in [1.165, 1.54) is 19.3 Å². The molecule has 1 heterocycles. The Hall–Kier alpha value is -1.36. The summed E-state index contributed by atoms with van der Waals surface area (Å²) in [5, 5.41) is 6.85. The highest BCUT2D eigenvalue weighted by atomic mass is 16.5. The van der Waals surface area contributed by atoms with Crippen LogP contribution in [0.25, 0.3) is 0 Å². The Morgan fingerprint density at radius 1 is 1.14 bits per heavy atom. The molecule has 0 amide bonds. The zero-order valence-electron chi connectivity index (χ0n) is 13.6. The number of ether oxygens (including phenoxy) is 1. The van der Waals surface area contributed by atoms with E-state index in [9.17, 15) is 0 Å². The van der Waals surface area contributed by atoms with Crippen molar-refractivity contribution in [2.45, 2.75) is 52.7 Å². The third-order valence-corrected chi connectivity index (χ3v) is 3.93. The van der Waals surface area contributed by atoms with Gasteiger partial charge in [-0.3, -0.25) is 0 Å². The van der Waals surface area contributed by atoms with E-state index >= 15 is 0 Å². The van der Waals surface area contributed by atoms with Gasteiger partial charge in [0.05, 0.1) is 0 Å². The van der Waals surface area contributed by atoms with Crippen LogP contribution < -0.4 is 10.6 Å². The molecule has 5 heteroatoms. The zero-order valence-corrected chi connectivity index (χ0v) is 13.6. The molecule has 118 valence electrons. The smallest absolute Gasteiger partial charge is 0.158 e. The van der Waals surface area contributed by atoms with E-state index < -0.39 is 0 Å². The first-order chi connectivity index (χ1) is 10.1. The van der Waals surface area contributed by atoms with Gasteiger partial charge in [0.1, 0.15) is 18.2 Å². The Bertz CT molecular complexity index is 418. The van der Waals surface area contributed by atoms with E-state index in [-0.39, 0.29) is 0 Å². The van der Waals surface area contributed by atoms with Crippen molar-refractivity contribution in [1.29, 1.82) is 0 Å². The maximum Gasteiger partial charge on any atom is 0.158 e. The SMILES string of the molecule is CCNc1cc(NC2CC(C)CC(C)C2)nc(COC)n1. The van der Waals surface area contributed by atoms with Gasteiger partial charge in [0.15, 0.2) is 5.82 Å². The maximum absolute atomic E-state index is 5.16. The predicted molar refractivity (Wildman–Crippen MR) is 86.5 cm³/mol. The number of rotatable bonds is 6. The normalized spacial score (nSPS) is 25.6. The van der Waals surface area contributed by atoms with E-state index in [1.54, 1.807) is 7.11 Å². The van der Waals surface area contributed by atoms with Crippen LogP contribution in [0.3, 0.4) is 0 Å². The van der Waals surface area contributed by atoms with Crippen molar-refractivity contribution < 1.29 is 4.74 Å². The second-order valence-corrected chi connectivity index (χ2v) is 6.28. The van der Waals surface area contributed by atoms with Crippen molar-refractivity contribution in [3.63, 3.8) is 0 Å². The van der Waals surface area contributed by atoms with Crippen LogP contribution in [-0.2, 0) is 11.3 Å². The lowest BCUT2D eigenvalue weighted by Crippen LogP contribution is -2.30. The molecule has 5 nitrogen and oxygen atoms in total. The zero-order chi connectivity index (χ0) is 15.2.